The molecule has 0 atom stereocenters. The van der Waals surface area contributed by atoms with Crippen LogP contribution in [-0.2, 0) is 0 Å². The number of hydrogen-bond acceptors (Lipinski definition) is 6. The summed E-state index contributed by atoms with van der Waals surface area (Å²) in [6, 6.07) is 14.9. The number of anilines is 3. The molecule has 0 spiro atoms. The van der Waals surface area contributed by atoms with E-state index in [2.05, 4.69) is 50.4 Å². The summed E-state index contributed by atoms with van der Waals surface area (Å²) in [5, 5.41) is 4.23. The molecule has 6 rings (SSSR count). The van der Waals surface area contributed by atoms with E-state index in [4.69, 9.17) is 4.98 Å². The van der Waals surface area contributed by atoms with Crippen molar-refractivity contribution in [3.05, 3.63) is 54.5 Å². The second-order valence-electron chi connectivity index (χ2n) is 9.99. The minimum Gasteiger partial charge on any atom is -0.372 e. The highest BCUT2D eigenvalue weighted by Crippen LogP contribution is 2.33. The molecule has 0 radical (unpaired) electrons. The van der Waals surface area contributed by atoms with Crippen LogP contribution in [-0.4, -0.2) is 71.7 Å². The van der Waals surface area contributed by atoms with E-state index in [0.29, 0.717) is 5.92 Å². The van der Waals surface area contributed by atoms with Crippen LogP contribution in [0.4, 0.5) is 21.9 Å². The van der Waals surface area contributed by atoms with Crippen molar-refractivity contribution in [3.63, 3.8) is 0 Å². The van der Waals surface area contributed by atoms with E-state index in [0.717, 1.165) is 74.4 Å². The molecule has 0 aliphatic carbocycles. The molecule has 3 saturated heterocycles. The quantitative estimate of drug-likeness (QED) is 0.529. The van der Waals surface area contributed by atoms with Crippen molar-refractivity contribution in [3.8, 4) is 0 Å². The smallest absolute Gasteiger partial charge is 0.321 e. The summed E-state index contributed by atoms with van der Waals surface area (Å²) < 4.78 is 0. The van der Waals surface area contributed by atoms with Crippen LogP contribution < -0.4 is 15.1 Å². The minimum atomic E-state index is -0.0146. The lowest BCUT2D eigenvalue weighted by atomic mass is 9.91. The van der Waals surface area contributed by atoms with Crippen LogP contribution in [0.1, 0.15) is 37.3 Å². The van der Waals surface area contributed by atoms with Crippen molar-refractivity contribution in [2.24, 2.45) is 0 Å². The van der Waals surface area contributed by atoms with Gasteiger partial charge in [-0.05, 0) is 68.1 Å². The number of thioether (sulfide) groups is 1. The third-order valence-electron chi connectivity index (χ3n) is 7.79. The molecule has 3 aromatic rings. The Morgan fingerprint density at radius 3 is 2.28 bits per heavy atom. The number of rotatable bonds is 4. The number of urea groups is 1. The van der Waals surface area contributed by atoms with Gasteiger partial charge in [0.15, 0.2) is 0 Å². The SMILES string of the molecule is O=C(Nc1ccc(N2CCCC2)cc1)N1CCC(c2ncnc3cc(N4CCSCC4)ccc23)CC1. The number of likely N-dealkylation sites (tertiary alicyclic amines) is 1. The Morgan fingerprint density at radius 1 is 0.833 bits per heavy atom. The summed E-state index contributed by atoms with van der Waals surface area (Å²) in [5.74, 6) is 2.71. The highest BCUT2D eigenvalue weighted by molar-refractivity contribution is 7.99. The van der Waals surface area contributed by atoms with Gasteiger partial charge in [-0.2, -0.15) is 11.8 Å². The van der Waals surface area contributed by atoms with E-state index in [1.165, 1.54) is 35.7 Å². The maximum absolute atomic E-state index is 12.9. The van der Waals surface area contributed by atoms with Crippen LogP contribution >= 0.6 is 11.8 Å². The summed E-state index contributed by atoms with van der Waals surface area (Å²) in [4.78, 5) is 29.0. The van der Waals surface area contributed by atoms with Crippen LogP contribution in [0.3, 0.4) is 0 Å². The average molecular weight is 503 g/mol. The average Bonchev–Trinajstić information content (AvgIpc) is 3.49. The molecule has 1 N–H and O–H groups in total. The van der Waals surface area contributed by atoms with Gasteiger partial charge in [0, 0.05) is 79.1 Å². The summed E-state index contributed by atoms with van der Waals surface area (Å²) in [5.41, 5.74) is 5.50. The van der Waals surface area contributed by atoms with Gasteiger partial charge < -0.3 is 20.0 Å². The lowest BCUT2D eigenvalue weighted by Crippen LogP contribution is -2.40. The molecule has 2 amide bonds. The second kappa shape index (κ2) is 10.5. The molecule has 3 aliphatic heterocycles. The van der Waals surface area contributed by atoms with E-state index in [1.807, 2.05) is 28.8 Å². The summed E-state index contributed by atoms with van der Waals surface area (Å²) in [6.07, 6.45) is 6.06. The number of benzene rings is 2. The Hall–Kier alpha value is -3.00. The first-order valence-electron chi connectivity index (χ1n) is 13.2. The molecular formula is C28H34N6OS. The van der Waals surface area contributed by atoms with Gasteiger partial charge in [-0.15, -0.1) is 0 Å². The Kier molecular flexibility index (Phi) is 6.86. The number of amides is 2. The molecule has 3 aliphatic rings. The molecule has 36 heavy (non-hydrogen) atoms. The lowest BCUT2D eigenvalue weighted by molar-refractivity contribution is 0.194. The normalized spacial score (nSPS) is 19.2. The van der Waals surface area contributed by atoms with E-state index in [9.17, 15) is 4.79 Å². The molecule has 1 aromatic heterocycles. The number of carbonyl (C=O) groups is 1. The van der Waals surface area contributed by atoms with E-state index < -0.39 is 0 Å². The van der Waals surface area contributed by atoms with Gasteiger partial charge in [0.25, 0.3) is 0 Å². The standard InChI is InChI=1S/C28H34N6OS/c35-28(31-22-3-5-23(6-4-22)32-11-1-2-12-32)34-13-9-21(10-14-34)27-25-8-7-24(19-26(25)29-20-30-27)33-15-17-36-18-16-33/h3-8,19-21H,1-2,9-18H2,(H,31,35). The van der Waals surface area contributed by atoms with E-state index in [1.54, 1.807) is 6.33 Å². The van der Waals surface area contributed by atoms with Crippen molar-refractivity contribution >= 4 is 45.8 Å². The molecule has 0 saturated carbocycles. The predicted octanol–water partition coefficient (Wildman–Crippen LogP) is 5.19. The Labute approximate surface area is 217 Å². The molecule has 0 bridgehead atoms. The monoisotopic (exact) mass is 502 g/mol. The maximum atomic E-state index is 12.9. The van der Waals surface area contributed by atoms with Gasteiger partial charge in [-0.3, -0.25) is 0 Å². The zero-order valence-corrected chi connectivity index (χ0v) is 21.6. The number of fused-ring (bicyclic) bond motifs is 1. The number of nitrogens with zero attached hydrogens (tertiary/aromatic N) is 5. The fraction of sp³-hybridized carbons (Fsp3) is 0.464. The molecule has 7 nitrogen and oxygen atoms in total. The first kappa shape index (κ1) is 23.4. The first-order valence-corrected chi connectivity index (χ1v) is 14.4. The van der Waals surface area contributed by atoms with Gasteiger partial charge in [0.1, 0.15) is 6.33 Å². The van der Waals surface area contributed by atoms with Crippen molar-refractivity contribution in [1.82, 2.24) is 14.9 Å². The highest BCUT2D eigenvalue weighted by atomic mass is 32.2. The maximum Gasteiger partial charge on any atom is 0.321 e. The first-order chi connectivity index (χ1) is 17.7. The molecule has 8 heteroatoms. The number of hydrogen-bond donors (Lipinski definition) is 1. The van der Waals surface area contributed by atoms with Crippen molar-refractivity contribution in [2.75, 3.05) is 65.9 Å². The second-order valence-corrected chi connectivity index (χ2v) is 11.2. The number of aromatic nitrogens is 2. The van der Waals surface area contributed by atoms with Gasteiger partial charge >= 0.3 is 6.03 Å². The fourth-order valence-electron chi connectivity index (χ4n) is 5.70. The molecule has 188 valence electrons. The molecule has 2 aromatic carbocycles. The summed E-state index contributed by atoms with van der Waals surface area (Å²) in [6.45, 7) is 5.91. The predicted molar refractivity (Wildman–Crippen MR) is 150 cm³/mol. The number of carbonyl (C=O) groups excluding carboxylic acids is 1. The third kappa shape index (κ3) is 4.96. The zero-order chi connectivity index (χ0) is 24.3. The van der Waals surface area contributed by atoms with Crippen LogP contribution in [0.15, 0.2) is 48.8 Å². The van der Waals surface area contributed by atoms with Gasteiger partial charge in [0.05, 0.1) is 11.2 Å². The Morgan fingerprint density at radius 2 is 1.53 bits per heavy atom. The highest BCUT2D eigenvalue weighted by Gasteiger charge is 2.26. The van der Waals surface area contributed by atoms with Crippen molar-refractivity contribution in [1.29, 1.82) is 0 Å². The van der Waals surface area contributed by atoms with E-state index >= 15 is 0 Å². The van der Waals surface area contributed by atoms with Crippen LogP contribution in [0.5, 0.6) is 0 Å². The van der Waals surface area contributed by atoms with Crippen LogP contribution in [0, 0.1) is 0 Å². The Bertz CT molecular complexity index is 1200. The Balaban J connectivity index is 1.08. The summed E-state index contributed by atoms with van der Waals surface area (Å²) >= 11 is 2.02. The molecule has 0 unspecified atom stereocenters. The summed E-state index contributed by atoms with van der Waals surface area (Å²) in [7, 11) is 0. The van der Waals surface area contributed by atoms with E-state index in [-0.39, 0.29) is 6.03 Å². The largest absolute Gasteiger partial charge is 0.372 e. The van der Waals surface area contributed by atoms with Gasteiger partial charge in [-0.1, -0.05) is 0 Å². The lowest BCUT2D eigenvalue weighted by Gasteiger charge is -2.32. The minimum absolute atomic E-state index is 0.0146. The van der Waals surface area contributed by atoms with Crippen LogP contribution in [0.25, 0.3) is 10.9 Å². The number of piperidine rings is 1. The number of nitrogens with one attached hydrogen (secondary N) is 1. The third-order valence-corrected chi connectivity index (χ3v) is 8.73. The molecule has 3 fully saturated rings. The molecular weight excluding hydrogens is 468 g/mol. The zero-order valence-electron chi connectivity index (χ0n) is 20.7. The van der Waals surface area contributed by atoms with Crippen molar-refractivity contribution < 1.29 is 4.79 Å². The van der Waals surface area contributed by atoms with Gasteiger partial charge in [0.2, 0.25) is 0 Å². The van der Waals surface area contributed by atoms with Crippen LogP contribution in [0.2, 0.25) is 0 Å². The van der Waals surface area contributed by atoms with Gasteiger partial charge in [-0.25, -0.2) is 14.8 Å². The van der Waals surface area contributed by atoms with Crippen molar-refractivity contribution in [2.45, 2.75) is 31.6 Å². The molecule has 4 heterocycles. The fourth-order valence-corrected chi connectivity index (χ4v) is 6.60. The topological polar surface area (TPSA) is 64.6 Å².